The fourth-order valence-electron chi connectivity index (χ4n) is 4.50. The molecule has 1 amide bonds. The van der Waals surface area contributed by atoms with Crippen molar-refractivity contribution >= 4 is 39.0 Å². The third-order valence-corrected chi connectivity index (χ3v) is 6.33. The Morgan fingerprint density at radius 3 is 2.60 bits per heavy atom. The van der Waals surface area contributed by atoms with Gasteiger partial charge in [-0.2, -0.15) is 0 Å². The Labute approximate surface area is 204 Å². The van der Waals surface area contributed by atoms with E-state index in [9.17, 15) is 4.79 Å². The molecule has 0 fully saturated rings. The molecule has 5 aromatic rings. The number of amides is 1. The number of carbonyl (C=O) groups is 1. The lowest BCUT2D eigenvalue weighted by Crippen LogP contribution is -2.11. The molecule has 5 heteroatoms. The quantitative estimate of drug-likeness (QED) is 0.278. The van der Waals surface area contributed by atoms with E-state index in [1.165, 1.54) is 10.8 Å². The molecule has 0 spiro atoms. The number of aryl methyl sites for hydroxylation is 2. The number of furan rings is 1. The highest BCUT2D eigenvalue weighted by Crippen LogP contribution is 2.41. The maximum Gasteiger partial charge on any atom is 0.249 e. The summed E-state index contributed by atoms with van der Waals surface area (Å²) < 4.78 is 11.8. The number of hydrogen-bond donors (Lipinski definition) is 1. The zero-order valence-corrected chi connectivity index (χ0v) is 20.2. The summed E-state index contributed by atoms with van der Waals surface area (Å²) in [6.45, 7) is 5.79. The van der Waals surface area contributed by atoms with Gasteiger partial charge in [-0.25, -0.2) is 4.98 Å². The number of pyridine rings is 1. The molecule has 0 unspecified atom stereocenters. The zero-order chi connectivity index (χ0) is 24.5. The number of carbonyl (C=O) groups excluding carboxylic acids is 1. The Balaban J connectivity index is 1.59. The minimum absolute atomic E-state index is 0.244. The number of fused-ring (bicyclic) bond motifs is 2. The number of ether oxygens (including phenoxy) is 1. The Hall–Kier alpha value is -4.38. The van der Waals surface area contributed by atoms with Crippen LogP contribution in [0.4, 0.5) is 5.82 Å². The lowest BCUT2D eigenvalue weighted by atomic mass is 9.95. The van der Waals surface area contributed by atoms with Crippen molar-refractivity contribution in [2.24, 2.45) is 0 Å². The average molecular weight is 463 g/mol. The van der Waals surface area contributed by atoms with Gasteiger partial charge in [0.05, 0.1) is 13.4 Å². The second kappa shape index (κ2) is 9.11. The number of allylic oxidation sites excluding steroid dienone is 1. The van der Waals surface area contributed by atoms with E-state index < -0.39 is 0 Å². The molecule has 35 heavy (non-hydrogen) atoms. The minimum atomic E-state index is -0.244. The summed E-state index contributed by atoms with van der Waals surface area (Å²) in [6, 6.07) is 20.5. The van der Waals surface area contributed by atoms with Crippen LogP contribution in [0.15, 0.2) is 83.6 Å². The number of hydrogen-bond acceptors (Lipinski definition) is 4. The largest absolute Gasteiger partial charge is 0.496 e. The van der Waals surface area contributed by atoms with E-state index >= 15 is 0 Å². The molecule has 3 aromatic carbocycles. The minimum Gasteiger partial charge on any atom is -0.496 e. The van der Waals surface area contributed by atoms with E-state index in [-0.39, 0.29) is 5.91 Å². The van der Waals surface area contributed by atoms with Crippen molar-refractivity contribution in [3.63, 3.8) is 0 Å². The number of rotatable bonds is 5. The molecule has 0 atom stereocenters. The van der Waals surface area contributed by atoms with Gasteiger partial charge in [-0.15, -0.1) is 0 Å². The number of anilines is 1. The molecule has 5 rings (SSSR count). The van der Waals surface area contributed by atoms with Gasteiger partial charge in [0.25, 0.3) is 0 Å². The second-order valence-corrected chi connectivity index (χ2v) is 8.66. The zero-order valence-electron chi connectivity index (χ0n) is 20.2. The van der Waals surface area contributed by atoms with Crippen LogP contribution < -0.4 is 10.1 Å². The van der Waals surface area contributed by atoms with Crippen molar-refractivity contribution in [3.05, 3.63) is 95.9 Å². The summed E-state index contributed by atoms with van der Waals surface area (Å²) >= 11 is 0. The van der Waals surface area contributed by atoms with E-state index in [0.717, 1.165) is 44.4 Å². The highest BCUT2D eigenvalue weighted by molar-refractivity contribution is 6.06. The van der Waals surface area contributed by atoms with Crippen molar-refractivity contribution in [3.8, 4) is 16.9 Å². The van der Waals surface area contributed by atoms with E-state index in [0.29, 0.717) is 11.6 Å². The smallest absolute Gasteiger partial charge is 0.249 e. The average Bonchev–Trinajstić information content (AvgIpc) is 3.29. The van der Waals surface area contributed by atoms with Crippen LogP contribution in [0.2, 0.25) is 0 Å². The van der Waals surface area contributed by atoms with Crippen LogP contribution in [-0.2, 0) is 4.79 Å². The third-order valence-electron chi connectivity index (χ3n) is 6.33. The predicted octanol–water partition coefficient (Wildman–Crippen LogP) is 7.32. The number of benzene rings is 3. The predicted molar refractivity (Wildman–Crippen MR) is 142 cm³/mol. The van der Waals surface area contributed by atoms with Crippen LogP contribution in [0.3, 0.4) is 0 Å². The molecule has 2 aromatic heterocycles. The maximum atomic E-state index is 12.8. The first-order chi connectivity index (χ1) is 17.0. The fraction of sp³-hybridized carbons (Fsp3) is 0.133. The molecule has 5 nitrogen and oxygen atoms in total. The first kappa shape index (κ1) is 22.4. The van der Waals surface area contributed by atoms with Gasteiger partial charge >= 0.3 is 0 Å². The standard InChI is InChI=1S/C30H26N2O3/c1-18-8-7-13-31-30(18)32-27(33)14-19(2)24-16-25-26(17-35-29(25)20(3)28(24)34-4)23-12-11-21-9-5-6-10-22(21)15-23/h5-17H,1-4H3,(H,31,32,33)/b19-14+. The maximum absolute atomic E-state index is 12.8. The van der Waals surface area contributed by atoms with Gasteiger partial charge in [-0.1, -0.05) is 42.5 Å². The van der Waals surface area contributed by atoms with Crippen molar-refractivity contribution in [1.82, 2.24) is 4.98 Å². The SMILES string of the molecule is COc1c(/C(C)=C/C(=O)Nc2ncccc2C)cc2c(-c3ccc4ccccc4c3)coc2c1C. The molecule has 0 saturated heterocycles. The fourth-order valence-corrected chi connectivity index (χ4v) is 4.50. The van der Waals surface area contributed by atoms with Gasteiger partial charge in [0.15, 0.2) is 0 Å². The van der Waals surface area contributed by atoms with Crippen LogP contribution in [-0.4, -0.2) is 18.0 Å². The Morgan fingerprint density at radius 2 is 1.83 bits per heavy atom. The molecule has 2 heterocycles. The van der Waals surface area contributed by atoms with Crippen LogP contribution in [0.5, 0.6) is 5.75 Å². The Morgan fingerprint density at radius 1 is 1.03 bits per heavy atom. The summed E-state index contributed by atoms with van der Waals surface area (Å²) in [5.74, 6) is 0.993. The Kier molecular flexibility index (Phi) is 5.83. The highest BCUT2D eigenvalue weighted by Gasteiger charge is 2.19. The topological polar surface area (TPSA) is 64.4 Å². The monoisotopic (exact) mass is 462 g/mol. The van der Waals surface area contributed by atoms with Crippen molar-refractivity contribution in [2.45, 2.75) is 20.8 Å². The molecule has 0 bridgehead atoms. The summed E-state index contributed by atoms with van der Waals surface area (Å²) in [5.41, 5.74) is 6.26. The lowest BCUT2D eigenvalue weighted by molar-refractivity contribution is -0.111. The van der Waals surface area contributed by atoms with Gasteiger partial charge in [0, 0.05) is 34.3 Å². The second-order valence-electron chi connectivity index (χ2n) is 8.66. The number of methoxy groups -OCH3 is 1. The molecule has 0 aliphatic carbocycles. The van der Waals surface area contributed by atoms with E-state index in [1.54, 1.807) is 25.6 Å². The number of aromatic nitrogens is 1. The Bertz CT molecular complexity index is 1610. The van der Waals surface area contributed by atoms with Crippen LogP contribution >= 0.6 is 0 Å². The van der Waals surface area contributed by atoms with E-state index in [4.69, 9.17) is 9.15 Å². The van der Waals surface area contributed by atoms with E-state index in [2.05, 4.69) is 40.6 Å². The van der Waals surface area contributed by atoms with Gasteiger partial charge in [0.1, 0.15) is 17.2 Å². The van der Waals surface area contributed by atoms with E-state index in [1.807, 2.05) is 51.1 Å². The summed E-state index contributed by atoms with van der Waals surface area (Å²) in [5, 5.41) is 6.20. The van der Waals surface area contributed by atoms with Crippen LogP contribution in [0, 0.1) is 13.8 Å². The molecule has 0 saturated carbocycles. The van der Waals surface area contributed by atoms with Crippen LogP contribution in [0.1, 0.15) is 23.6 Å². The molecular formula is C30H26N2O3. The van der Waals surface area contributed by atoms with Crippen molar-refractivity contribution < 1.29 is 13.9 Å². The molecule has 0 radical (unpaired) electrons. The van der Waals surface area contributed by atoms with Gasteiger partial charge in [-0.05, 0) is 66.4 Å². The van der Waals surface area contributed by atoms with Gasteiger partial charge in [-0.3, -0.25) is 4.79 Å². The first-order valence-electron chi connectivity index (χ1n) is 11.5. The number of nitrogens with one attached hydrogen (secondary N) is 1. The van der Waals surface area contributed by atoms with Gasteiger partial charge in [0.2, 0.25) is 5.91 Å². The summed E-state index contributed by atoms with van der Waals surface area (Å²) in [4.78, 5) is 17.0. The van der Waals surface area contributed by atoms with Crippen molar-refractivity contribution in [1.29, 1.82) is 0 Å². The normalized spacial score (nSPS) is 11.7. The summed E-state index contributed by atoms with van der Waals surface area (Å²) in [6.07, 6.45) is 5.03. The van der Waals surface area contributed by atoms with Gasteiger partial charge < -0.3 is 14.5 Å². The number of nitrogens with zero attached hydrogens (tertiary/aromatic N) is 1. The molecule has 1 N–H and O–H groups in total. The summed E-state index contributed by atoms with van der Waals surface area (Å²) in [7, 11) is 1.63. The van der Waals surface area contributed by atoms with Crippen molar-refractivity contribution in [2.75, 3.05) is 12.4 Å². The molecular weight excluding hydrogens is 436 g/mol. The first-order valence-corrected chi connectivity index (χ1v) is 11.5. The molecule has 174 valence electrons. The highest BCUT2D eigenvalue weighted by atomic mass is 16.5. The third kappa shape index (κ3) is 4.17. The lowest BCUT2D eigenvalue weighted by Gasteiger charge is -2.13. The van der Waals surface area contributed by atoms with Crippen LogP contribution in [0.25, 0.3) is 38.4 Å². The molecule has 0 aliphatic rings. The molecule has 0 aliphatic heterocycles.